The maximum absolute atomic E-state index is 11.1. The van der Waals surface area contributed by atoms with Gasteiger partial charge in [0.2, 0.25) is 0 Å². The number of hydrogen-bond donors (Lipinski definition) is 0. The Morgan fingerprint density at radius 1 is 1.31 bits per heavy atom. The van der Waals surface area contributed by atoms with E-state index in [-0.39, 0.29) is 17.5 Å². The van der Waals surface area contributed by atoms with Gasteiger partial charge < -0.3 is 0 Å². The Bertz CT molecular complexity index is 264. The Kier molecular flexibility index (Phi) is 4.76. The van der Waals surface area contributed by atoms with Gasteiger partial charge in [-0.15, -0.1) is 0 Å². The van der Waals surface area contributed by atoms with Crippen molar-refractivity contribution in [3.05, 3.63) is 12.7 Å². The number of carbonyl (C=O) groups excluding carboxylic acids is 2. The Hall–Kier alpha value is -1.36. The molecule has 0 aromatic rings. The van der Waals surface area contributed by atoms with Gasteiger partial charge in [-0.05, 0) is 19.9 Å². The van der Waals surface area contributed by atoms with Crippen molar-refractivity contribution in [2.24, 2.45) is 11.8 Å². The molecule has 0 fully saturated rings. The summed E-state index contributed by atoms with van der Waals surface area (Å²) in [5.41, 5.74) is 0. The molecule has 0 rings (SSSR count). The Morgan fingerprint density at radius 3 is 2.08 bits per heavy atom. The fraction of sp³-hybridized carbons (Fsp3) is 0.455. The molecular formula is C11H14O2. The van der Waals surface area contributed by atoms with Crippen molar-refractivity contribution in [1.82, 2.24) is 0 Å². The number of carbonyl (C=O) groups is 2. The summed E-state index contributed by atoms with van der Waals surface area (Å²) in [6.45, 7) is 8.04. The smallest absolute Gasteiger partial charge is 0.141 e. The number of hydrogen-bond acceptors (Lipinski definition) is 2. The summed E-state index contributed by atoms with van der Waals surface area (Å²) in [7, 11) is 0. The average molecular weight is 178 g/mol. The van der Waals surface area contributed by atoms with Gasteiger partial charge >= 0.3 is 0 Å². The van der Waals surface area contributed by atoms with Crippen molar-refractivity contribution in [1.29, 1.82) is 0 Å². The van der Waals surface area contributed by atoms with Crippen molar-refractivity contribution in [2.75, 3.05) is 0 Å². The van der Waals surface area contributed by atoms with E-state index in [0.29, 0.717) is 0 Å². The van der Waals surface area contributed by atoms with Gasteiger partial charge in [0.05, 0.1) is 5.92 Å². The van der Waals surface area contributed by atoms with Gasteiger partial charge in [-0.1, -0.05) is 25.3 Å². The lowest BCUT2D eigenvalue weighted by Gasteiger charge is -2.12. The zero-order valence-corrected chi connectivity index (χ0v) is 8.26. The largest absolute Gasteiger partial charge is 0.299 e. The van der Waals surface area contributed by atoms with Crippen molar-refractivity contribution < 1.29 is 9.59 Å². The Morgan fingerprint density at radius 2 is 1.77 bits per heavy atom. The Labute approximate surface area is 79.0 Å². The van der Waals surface area contributed by atoms with E-state index < -0.39 is 5.92 Å². The van der Waals surface area contributed by atoms with Crippen molar-refractivity contribution in [3.63, 3.8) is 0 Å². The van der Waals surface area contributed by atoms with Crippen LogP contribution in [0, 0.1) is 23.7 Å². The summed E-state index contributed by atoms with van der Waals surface area (Å²) in [4.78, 5) is 22.2. The third-order valence-corrected chi connectivity index (χ3v) is 1.79. The van der Waals surface area contributed by atoms with E-state index >= 15 is 0 Å². The van der Waals surface area contributed by atoms with Crippen LogP contribution in [0.3, 0.4) is 0 Å². The molecule has 0 aliphatic heterocycles. The molecule has 1 unspecified atom stereocenters. The van der Waals surface area contributed by atoms with Gasteiger partial charge in [0.15, 0.2) is 0 Å². The molecule has 0 aromatic heterocycles. The fourth-order valence-corrected chi connectivity index (χ4v) is 1.26. The molecule has 0 heterocycles. The first-order valence-electron chi connectivity index (χ1n) is 4.13. The lowest BCUT2D eigenvalue weighted by atomic mass is 9.88. The molecule has 0 aliphatic rings. The normalized spacial score (nSPS) is 11.4. The van der Waals surface area contributed by atoms with Crippen LogP contribution in [0.25, 0.3) is 0 Å². The Balaban J connectivity index is 4.65. The van der Waals surface area contributed by atoms with Crippen LogP contribution in [0.1, 0.15) is 20.8 Å². The highest BCUT2D eigenvalue weighted by atomic mass is 16.1. The van der Waals surface area contributed by atoms with E-state index in [0.717, 1.165) is 0 Å². The highest BCUT2D eigenvalue weighted by Crippen LogP contribution is 2.12. The second-order valence-electron chi connectivity index (χ2n) is 2.98. The lowest BCUT2D eigenvalue weighted by molar-refractivity contribution is -0.131. The third-order valence-electron chi connectivity index (χ3n) is 1.79. The van der Waals surface area contributed by atoms with E-state index in [1.54, 1.807) is 6.92 Å². The minimum absolute atomic E-state index is 0.127. The molecular weight excluding hydrogens is 164 g/mol. The first kappa shape index (κ1) is 11.6. The molecule has 0 radical (unpaired) electrons. The van der Waals surface area contributed by atoms with Crippen molar-refractivity contribution in [3.8, 4) is 11.8 Å². The van der Waals surface area contributed by atoms with Gasteiger partial charge in [0.1, 0.15) is 11.6 Å². The van der Waals surface area contributed by atoms with Gasteiger partial charge in [-0.25, -0.2) is 0 Å². The molecule has 2 heteroatoms. The van der Waals surface area contributed by atoms with Crippen LogP contribution in [-0.2, 0) is 9.59 Å². The summed E-state index contributed by atoms with van der Waals surface area (Å²) >= 11 is 0. The maximum atomic E-state index is 11.1. The molecule has 1 atom stereocenters. The summed E-state index contributed by atoms with van der Waals surface area (Å²) in [5, 5.41) is 0. The minimum Gasteiger partial charge on any atom is -0.299 e. The first-order valence-corrected chi connectivity index (χ1v) is 4.13. The summed E-state index contributed by atoms with van der Waals surface area (Å²) in [6, 6.07) is 0. The summed E-state index contributed by atoms with van der Waals surface area (Å²) in [5.74, 6) is 4.36. The quantitative estimate of drug-likeness (QED) is 0.486. The molecule has 2 nitrogen and oxygen atoms in total. The fourth-order valence-electron chi connectivity index (χ4n) is 1.26. The standard InChI is InChI=1S/C11H14O2/c1-5-6-7-8(2)11(9(3)12)10(4)13/h5,8,11H,1H2,2-4H3. The number of allylic oxidation sites excluding steroid dienone is 1. The second kappa shape index (κ2) is 5.31. The third kappa shape index (κ3) is 3.71. The highest BCUT2D eigenvalue weighted by Gasteiger charge is 2.24. The SMILES string of the molecule is C=CC#CC(C)C(C(C)=O)C(C)=O. The summed E-state index contributed by atoms with van der Waals surface area (Å²) < 4.78 is 0. The maximum Gasteiger partial charge on any atom is 0.141 e. The number of ketones is 2. The van der Waals surface area contributed by atoms with Gasteiger partial charge in [0.25, 0.3) is 0 Å². The van der Waals surface area contributed by atoms with Crippen LogP contribution in [0.15, 0.2) is 12.7 Å². The van der Waals surface area contributed by atoms with Gasteiger partial charge in [-0.3, -0.25) is 9.59 Å². The molecule has 13 heavy (non-hydrogen) atoms. The van der Waals surface area contributed by atoms with Crippen LogP contribution in [0.5, 0.6) is 0 Å². The van der Waals surface area contributed by atoms with E-state index in [4.69, 9.17) is 0 Å². The molecule has 0 bridgehead atoms. The highest BCUT2D eigenvalue weighted by molar-refractivity contribution is 6.00. The van der Waals surface area contributed by atoms with Crippen molar-refractivity contribution in [2.45, 2.75) is 20.8 Å². The van der Waals surface area contributed by atoms with Crippen LogP contribution in [0.4, 0.5) is 0 Å². The van der Waals surface area contributed by atoms with E-state index in [9.17, 15) is 9.59 Å². The predicted octanol–water partition coefficient (Wildman–Crippen LogP) is 1.61. The zero-order valence-electron chi connectivity index (χ0n) is 8.26. The molecule has 0 saturated carbocycles. The average Bonchev–Trinajstić information content (AvgIpc) is 1.99. The van der Waals surface area contributed by atoms with Crippen LogP contribution in [-0.4, -0.2) is 11.6 Å². The molecule has 0 saturated heterocycles. The van der Waals surface area contributed by atoms with E-state index in [1.165, 1.54) is 19.9 Å². The van der Waals surface area contributed by atoms with Crippen molar-refractivity contribution >= 4 is 11.6 Å². The second-order valence-corrected chi connectivity index (χ2v) is 2.98. The van der Waals surface area contributed by atoms with Crippen LogP contribution in [0.2, 0.25) is 0 Å². The molecule has 0 spiro atoms. The number of Topliss-reactive ketones (excluding diaryl/α,β-unsaturated/α-hetero) is 2. The molecule has 0 amide bonds. The zero-order chi connectivity index (χ0) is 10.4. The monoisotopic (exact) mass is 178 g/mol. The van der Waals surface area contributed by atoms with E-state index in [2.05, 4.69) is 18.4 Å². The summed E-state index contributed by atoms with van der Waals surface area (Å²) in [6.07, 6.45) is 1.45. The van der Waals surface area contributed by atoms with Gasteiger partial charge in [0, 0.05) is 5.92 Å². The minimum atomic E-state index is -0.590. The van der Waals surface area contributed by atoms with Crippen LogP contribution < -0.4 is 0 Å². The lowest BCUT2D eigenvalue weighted by Crippen LogP contribution is -2.25. The predicted molar refractivity (Wildman–Crippen MR) is 52.0 cm³/mol. The van der Waals surface area contributed by atoms with Crippen LogP contribution >= 0.6 is 0 Å². The van der Waals surface area contributed by atoms with E-state index in [1.807, 2.05) is 0 Å². The molecule has 0 aromatic carbocycles. The molecule has 0 aliphatic carbocycles. The molecule has 70 valence electrons. The number of rotatable bonds is 3. The molecule has 0 N–H and O–H groups in total. The first-order chi connectivity index (χ1) is 6.00. The topological polar surface area (TPSA) is 34.1 Å². The van der Waals surface area contributed by atoms with Gasteiger partial charge in [-0.2, -0.15) is 0 Å².